The molecule has 0 atom stereocenters. The lowest BCUT2D eigenvalue weighted by atomic mass is 10.0. The number of hydrogen-bond donors (Lipinski definition) is 2. The topological polar surface area (TPSA) is 47.3 Å². The van der Waals surface area contributed by atoms with Crippen molar-refractivity contribution in [2.24, 2.45) is 5.73 Å². The van der Waals surface area contributed by atoms with E-state index >= 15 is 0 Å². The fourth-order valence-corrected chi connectivity index (χ4v) is 1.88. The molecule has 3 N–H and O–H groups in total. The highest BCUT2D eigenvalue weighted by atomic mass is 16.5. The summed E-state index contributed by atoms with van der Waals surface area (Å²) in [6, 6.07) is 6.29. The van der Waals surface area contributed by atoms with Gasteiger partial charge in [0.25, 0.3) is 0 Å². The minimum Gasteiger partial charge on any atom is -0.495 e. The monoisotopic (exact) mass is 250 g/mol. The number of benzene rings is 1. The number of hydrogen-bond acceptors (Lipinski definition) is 3. The van der Waals surface area contributed by atoms with E-state index in [1.807, 2.05) is 6.07 Å². The quantitative estimate of drug-likeness (QED) is 0.731. The lowest BCUT2D eigenvalue weighted by Gasteiger charge is -2.19. The predicted octanol–water partition coefficient (Wildman–Crippen LogP) is 3.19. The van der Waals surface area contributed by atoms with Crippen LogP contribution < -0.4 is 15.8 Å². The van der Waals surface area contributed by atoms with Crippen molar-refractivity contribution < 1.29 is 4.74 Å². The Kier molecular flexibility index (Phi) is 5.48. The van der Waals surface area contributed by atoms with E-state index in [1.54, 1.807) is 7.11 Å². The maximum Gasteiger partial charge on any atom is 0.141 e. The van der Waals surface area contributed by atoms with Crippen LogP contribution in [0.1, 0.15) is 39.2 Å². The summed E-state index contributed by atoms with van der Waals surface area (Å²) < 4.78 is 5.36. The molecule has 18 heavy (non-hydrogen) atoms. The first kappa shape index (κ1) is 14.8. The Balaban J connectivity index is 2.54. The van der Waals surface area contributed by atoms with Gasteiger partial charge in [0, 0.05) is 12.1 Å². The smallest absolute Gasteiger partial charge is 0.141 e. The largest absolute Gasteiger partial charge is 0.495 e. The van der Waals surface area contributed by atoms with Gasteiger partial charge in [-0.1, -0.05) is 13.0 Å². The predicted molar refractivity (Wildman–Crippen MR) is 78.4 cm³/mol. The Morgan fingerprint density at radius 2 is 2.06 bits per heavy atom. The van der Waals surface area contributed by atoms with E-state index in [-0.39, 0.29) is 5.54 Å². The van der Waals surface area contributed by atoms with Crippen molar-refractivity contribution in [3.05, 3.63) is 23.8 Å². The fraction of sp³-hybridized carbons (Fsp3) is 0.600. The van der Waals surface area contributed by atoms with Gasteiger partial charge in [-0.25, -0.2) is 0 Å². The molecule has 0 bridgehead atoms. The van der Waals surface area contributed by atoms with Crippen LogP contribution in [0, 0.1) is 0 Å². The Labute approximate surface area is 111 Å². The molecule has 3 nitrogen and oxygen atoms in total. The molecule has 0 unspecified atom stereocenters. The van der Waals surface area contributed by atoms with Crippen LogP contribution in [-0.2, 0) is 6.42 Å². The van der Waals surface area contributed by atoms with Crippen molar-refractivity contribution >= 4 is 5.69 Å². The Hall–Kier alpha value is -1.22. The molecule has 0 aliphatic carbocycles. The summed E-state index contributed by atoms with van der Waals surface area (Å²) in [5.74, 6) is 0.902. The van der Waals surface area contributed by atoms with Crippen LogP contribution in [0.2, 0.25) is 0 Å². The van der Waals surface area contributed by atoms with Crippen molar-refractivity contribution in [2.45, 2.75) is 45.6 Å². The van der Waals surface area contributed by atoms with Crippen molar-refractivity contribution in [3.63, 3.8) is 0 Å². The molecule has 0 aromatic heterocycles. The Morgan fingerprint density at radius 1 is 1.33 bits per heavy atom. The number of rotatable bonds is 7. The van der Waals surface area contributed by atoms with Crippen LogP contribution >= 0.6 is 0 Å². The third kappa shape index (κ3) is 4.96. The zero-order valence-electron chi connectivity index (χ0n) is 12.0. The zero-order chi connectivity index (χ0) is 13.6. The third-order valence-corrected chi connectivity index (χ3v) is 2.99. The molecule has 0 amide bonds. The van der Waals surface area contributed by atoms with Crippen LogP contribution in [0.3, 0.4) is 0 Å². The molecule has 3 heteroatoms. The zero-order valence-corrected chi connectivity index (χ0v) is 12.0. The van der Waals surface area contributed by atoms with Gasteiger partial charge in [-0.3, -0.25) is 0 Å². The lowest BCUT2D eigenvalue weighted by molar-refractivity contribution is 0.416. The molecule has 0 spiro atoms. The molecule has 0 heterocycles. The summed E-state index contributed by atoms with van der Waals surface area (Å²) in [7, 11) is 1.70. The number of ether oxygens (including phenoxy) is 1. The second-order valence-corrected chi connectivity index (χ2v) is 5.41. The number of nitrogens with two attached hydrogens (primary N) is 1. The van der Waals surface area contributed by atoms with Crippen LogP contribution in [0.5, 0.6) is 5.75 Å². The molecule has 0 saturated carbocycles. The maximum absolute atomic E-state index is 5.96. The van der Waals surface area contributed by atoms with Crippen LogP contribution in [0.25, 0.3) is 0 Å². The molecule has 0 saturated heterocycles. The highest BCUT2D eigenvalue weighted by Crippen LogP contribution is 2.25. The Morgan fingerprint density at radius 3 is 2.61 bits per heavy atom. The molecule has 1 aromatic rings. The highest BCUT2D eigenvalue weighted by Gasteiger charge is 2.09. The van der Waals surface area contributed by atoms with Crippen molar-refractivity contribution in [2.75, 3.05) is 19.0 Å². The van der Waals surface area contributed by atoms with Gasteiger partial charge >= 0.3 is 0 Å². The summed E-state index contributed by atoms with van der Waals surface area (Å²) in [4.78, 5) is 0. The van der Waals surface area contributed by atoms with Crippen molar-refractivity contribution in [3.8, 4) is 5.75 Å². The lowest BCUT2D eigenvalue weighted by Crippen LogP contribution is -2.32. The standard InChI is InChI=1S/C15H26N2O/c1-5-12-7-8-14(18-4)13(11-12)17-10-6-9-15(2,3)16/h7-8,11,17H,5-6,9-10,16H2,1-4H3. The molecular weight excluding hydrogens is 224 g/mol. The van der Waals surface area contributed by atoms with E-state index < -0.39 is 0 Å². The van der Waals surface area contributed by atoms with E-state index in [2.05, 4.69) is 38.2 Å². The van der Waals surface area contributed by atoms with Crippen molar-refractivity contribution in [1.82, 2.24) is 0 Å². The fourth-order valence-electron chi connectivity index (χ4n) is 1.88. The summed E-state index contributed by atoms with van der Waals surface area (Å²) in [6.07, 6.45) is 3.10. The summed E-state index contributed by atoms with van der Waals surface area (Å²) in [5.41, 5.74) is 8.27. The van der Waals surface area contributed by atoms with E-state index in [1.165, 1.54) is 5.56 Å². The van der Waals surface area contributed by atoms with Gasteiger partial charge in [0.1, 0.15) is 5.75 Å². The summed E-state index contributed by atoms with van der Waals surface area (Å²) in [5, 5.41) is 3.43. The number of aryl methyl sites for hydroxylation is 1. The average Bonchev–Trinajstić information content (AvgIpc) is 2.33. The summed E-state index contributed by atoms with van der Waals surface area (Å²) >= 11 is 0. The molecule has 1 aromatic carbocycles. The van der Waals surface area contributed by atoms with Gasteiger partial charge in [0.15, 0.2) is 0 Å². The normalized spacial score (nSPS) is 11.4. The second kappa shape index (κ2) is 6.64. The first-order chi connectivity index (χ1) is 8.46. The highest BCUT2D eigenvalue weighted by molar-refractivity contribution is 5.58. The molecular formula is C15H26N2O. The maximum atomic E-state index is 5.96. The van der Waals surface area contributed by atoms with E-state index in [4.69, 9.17) is 10.5 Å². The van der Waals surface area contributed by atoms with E-state index in [0.29, 0.717) is 0 Å². The van der Waals surface area contributed by atoms with Crippen LogP contribution in [0.4, 0.5) is 5.69 Å². The molecule has 102 valence electrons. The van der Waals surface area contributed by atoms with Gasteiger partial charge in [-0.2, -0.15) is 0 Å². The molecule has 0 aliphatic heterocycles. The number of nitrogens with one attached hydrogen (secondary N) is 1. The van der Waals surface area contributed by atoms with Crippen LogP contribution in [-0.4, -0.2) is 19.2 Å². The van der Waals surface area contributed by atoms with Gasteiger partial charge in [-0.05, 0) is 50.8 Å². The molecule has 0 aliphatic rings. The Bertz CT molecular complexity index is 369. The van der Waals surface area contributed by atoms with Gasteiger partial charge in [-0.15, -0.1) is 0 Å². The minimum atomic E-state index is -0.0863. The first-order valence-electron chi connectivity index (χ1n) is 6.66. The SMILES string of the molecule is CCc1ccc(OC)c(NCCCC(C)(C)N)c1. The van der Waals surface area contributed by atoms with Gasteiger partial charge < -0.3 is 15.8 Å². The molecule has 1 rings (SSSR count). The third-order valence-electron chi connectivity index (χ3n) is 2.99. The average molecular weight is 250 g/mol. The van der Waals surface area contributed by atoms with E-state index in [9.17, 15) is 0 Å². The molecule has 0 radical (unpaired) electrons. The number of anilines is 1. The molecule has 0 fully saturated rings. The van der Waals surface area contributed by atoms with E-state index in [0.717, 1.165) is 37.2 Å². The van der Waals surface area contributed by atoms with Crippen LogP contribution in [0.15, 0.2) is 18.2 Å². The minimum absolute atomic E-state index is 0.0863. The number of methoxy groups -OCH3 is 1. The van der Waals surface area contributed by atoms with Gasteiger partial charge in [0.05, 0.1) is 12.8 Å². The second-order valence-electron chi connectivity index (χ2n) is 5.41. The van der Waals surface area contributed by atoms with Crippen molar-refractivity contribution in [1.29, 1.82) is 0 Å². The summed E-state index contributed by atoms with van der Waals surface area (Å²) in [6.45, 7) is 7.20. The van der Waals surface area contributed by atoms with Gasteiger partial charge in [0.2, 0.25) is 0 Å². The first-order valence-corrected chi connectivity index (χ1v) is 6.66.